The second-order valence-electron chi connectivity index (χ2n) is 11.3. The number of para-hydroxylation sites is 1. The van der Waals surface area contributed by atoms with Gasteiger partial charge in [-0.2, -0.15) is 13.2 Å². The standard InChI is InChI=1S/C32H34F3N5O7/c1-18-14-40(19(2)16-41)29(42)23-5-4-6-24(38-30(43)36-21-9-7-20(8-10-21)32(33,34)35)28(23)47-27(18)15-39(3)31(44)37-22-11-12-25-26(13-22)46-17-45-25/h4-13,18-19,27,41H,14-17H2,1-3H3,(H,37,44)(H2,36,38,43)/t18-,19-,27-/m1/s1. The number of aliphatic hydroxyl groups excluding tert-OH is 1. The SMILES string of the molecule is C[C@@H]1CN([C@H](C)CO)C(=O)c2cccc(NC(=O)Nc3ccc(C(F)(F)F)cc3)c2O[C@@H]1CN(C)C(=O)Nc1ccc2c(c1)OCO2. The molecule has 0 fully saturated rings. The number of urea groups is 2. The molecule has 5 amide bonds. The van der Waals surface area contributed by atoms with E-state index in [1.807, 2.05) is 6.92 Å². The van der Waals surface area contributed by atoms with E-state index in [0.717, 1.165) is 24.3 Å². The van der Waals surface area contributed by atoms with E-state index in [1.54, 1.807) is 38.2 Å². The molecule has 3 aromatic carbocycles. The summed E-state index contributed by atoms with van der Waals surface area (Å²) in [6, 6.07) is 11.7. The number of benzene rings is 3. The summed E-state index contributed by atoms with van der Waals surface area (Å²) in [6.07, 6.45) is -5.22. The maximum absolute atomic E-state index is 13.7. The molecule has 0 saturated carbocycles. The van der Waals surface area contributed by atoms with Crippen LogP contribution in [0.2, 0.25) is 0 Å². The predicted molar refractivity (Wildman–Crippen MR) is 166 cm³/mol. The summed E-state index contributed by atoms with van der Waals surface area (Å²) in [4.78, 5) is 42.8. The number of fused-ring (bicyclic) bond motifs is 2. The van der Waals surface area contributed by atoms with E-state index in [0.29, 0.717) is 17.2 Å². The summed E-state index contributed by atoms with van der Waals surface area (Å²) in [5, 5.41) is 17.8. The van der Waals surface area contributed by atoms with Gasteiger partial charge in [-0.05, 0) is 55.5 Å². The van der Waals surface area contributed by atoms with Crippen molar-refractivity contribution < 1.29 is 46.9 Å². The number of nitrogens with zero attached hydrogens (tertiary/aromatic N) is 2. The Labute approximate surface area is 268 Å². The molecule has 0 radical (unpaired) electrons. The normalized spacial score (nSPS) is 17.9. The molecule has 2 aliphatic rings. The summed E-state index contributed by atoms with van der Waals surface area (Å²) in [5.41, 5.74) is -0.0420. The number of amides is 5. The van der Waals surface area contributed by atoms with Gasteiger partial charge in [-0.1, -0.05) is 13.0 Å². The highest BCUT2D eigenvalue weighted by Gasteiger charge is 2.35. The lowest BCUT2D eigenvalue weighted by Crippen LogP contribution is -2.50. The van der Waals surface area contributed by atoms with Crippen LogP contribution in [0.3, 0.4) is 0 Å². The van der Waals surface area contributed by atoms with Crippen LogP contribution >= 0.6 is 0 Å². The zero-order valence-electron chi connectivity index (χ0n) is 25.8. The average molecular weight is 658 g/mol. The van der Waals surface area contributed by atoms with E-state index in [9.17, 15) is 32.7 Å². The zero-order valence-corrected chi connectivity index (χ0v) is 25.8. The van der Waals surface area contributed by atoms with Crippen LogP contribution in [0, 0.1) is 5.92 Å². The highest BCUT2D eigenvalue weighted by molar-refractivity contribution is 6.04. The molecule has 0 aliphatic carbocycles. The van der Waals surface area contributed by atoms with Crippen LogP contribution in [0.4, 0.5) is 39.8 Å². The lowest BCUT2D eigenvalue weighted by atomic mass is 9.99. The molecule has 3 aromatic rings. The van der Waals surface area contributed by atoms with E-state index < -0.39 is 41.9 Å². The first-order chi connectivity index (χ1) is 22.3. The zero-order chi connectivity index (χ0) is 33.9. The Hall–Kier alpha value is -5.18. The molecular formula is C32H34F3N5O7. The van der Waals surface area contributed by atoms with Crippen LogP contribution in [0.15, 0.2) is 60.7 Å². The molecule has 12 nitrogen and oxygen atoms in total. The van der Waals surface area contributed by atoms with Crippen molar-refractivity contribution in [1.82, 2.24) is 9.80 Å². The minimum Gasteiger partial charge on any atom is -0.485 e. The van der Waals surface area contributed by atoms with Crippen molar-refractivity contribution in [1.29, 1.82) is 0 Å². The maximum atomic E-state index is 13.7. The lowest BCUT2D eigenvalue weighted by molar-refractivity contribution is -0.137. The Morgan fingerprint density at radius 2 is 1.72 bits per heavy atom. The molecule has 0 unspecified atom stereocenters. The van der Waals surface area contributed by atoms with Crippen molar-refractivity contribution in [2.24, 2.45) is 5.92 Å². The number of carbonyl (C=O) groups excluding carboxylic acids is 3. The molecule has 47 heavy (non-hydrogen) atoms. The quantitative estimate of drug-likeness (QED) is 0.264. The molecule has 5 rings (SSSR count). The summed E-state index contributed by atoms with van der Waals surface area (Å²) in [5.74, 6) is 0.324. The van der Waals surface area contributed by atoms with Gasteiger partial charge in [0, 0.05) is 37.0 Å². The van der Waals surface area contributed by atoms with E-state index >= 15 is 0 Å². The minimum absolute atomic E-state index is 0.0383. The largest absolute Gasteiger partial charge is 0.485 e. The van der Waals surface area contributed by atoms with Gasteiger partial charge < -0.3 is 45.1 Å². The van der Waals surface area contributed by atoms with Gasteiger partial charge in [-0.15, -0.1) is 0 Å². The third-order valence-corrected chi connectivity index (χ3v) is 7.83. The van der Waals surface area contributed by atoms with Gasteiger partial charge in [0.1, 0.15) is 6.10 Å². The van der Waals surface area contributed by atoms with Crippen molar-refractivity contribution in [2.75, 3.05) is 49.5 Å². The van der Waals surface area contributed by atoms with Gasteiger partial charge in [0.05, 0.1) is 36.0 Å². The van der Waals surface area contributed by atoms with E-state index in [4.69, 9.17) is 14.2 Å². The number of aliphatic hydroxyl groups is 1. The maximum Gasteiger partial charge on any atom is 0.416 e. The number of hydrogen-bond acceptors (Lipinski definition) is 7. The molecule has 0 spiro atoms. The number of rotatable bonds is 7. The number of halogens is 3. The van der Waals surface area contributed by atoms with Crippen LogP contribution in [0.1, 0.15) is 29.8 Å². The summed E-state index contributed by atoms with van der Waals surface area (Å²) >= 11 is 0. The Bertz CT molecular complexity index is 1640. The fourth-order valence-corrected chi connectivity index (χ4v) is 5.13. The molecule has 250 valence electrons. The molecule has 2 aliphatic heterocycles. The van der Waals surface area contributed by atoms with Crippen LogP contribution < -0.4 is 30.2 Å². The Morgan fingerprint density at radius 3 is 2.43 bits per heavy atom. The van der Waals surface area contributed by atoms with Gasteiger partial charge in [-0.3, -0.25) is 4.79 Å². The van der Waals surface area contributed by atoms with Crippen molar-refractivity contribution in [3.8, 4) is 17.2 Å². The first-order valence-corrected chi connectivity index (χ1v) is 14.7. The first kappa shape index (κ1) is 33.2. The summed E-state index contributed by atoms with van der Waals surface area (Å²) < 4.78 is 56.0. The predicted octanol–water partition coefficient (Wildman–Crippen LogP) is 5.46. The van der Waals surface area contributed by atoms with Gasteiger partial charge in [0.2, 0.25) is 6.79 Å². The fraction of sp³-hybridized carbons (Fsp3) is 0.344. The third-order valence-electron chi connectivity index (χ3n) is 7.83. The van der Waals surface area contributed by atoms with Crippen molar-refractivity contribution in [3.05, 3.63) is 71.8 Å². The smallest absolute Gasteiger partial charge is 0.416 e. The molecule has 0 saturated heterocycles. The second-order valence-corrected chi connectivity index (χ2v) is 11.3. The van der Waals surface area contributed by atoms with E-state index in [2.05, 4.69) is 16.0 Å². The highest BCUT2D eigenvalue weighted by Crippen LogP contribution is 2.36. The fourth-order valence-electron chi connectivity index (χ4n) is 5.13. The summed E-state index contributed by atoms with van der Waals surface area (Å²) in [7, 11) is 1.58. The van der Waals surface area contributed by atoms with Crippen molar-refractivity contribution in [2.45, 2.75) is 32.2 Å². The Morgan fingerprint density at radius 1 is 1.02 bits per heavy atom. The first-order valence-electron chi connectivity index (χ1n) is 14.7. The Balaban J connectivity index is 1.37. The average Bonchev–Trinajstić information content (AvgIpc) is 3.50. The molecule has 0 aromatic heterocycles. The summed E-state index contributed by atoms with van der Waals surface area (Å²) in [6.45, 7) is 3.61. The number of likely N-dealkylation sites (N-methyl/N-ethyl adjacent to an activating group) is 1. The van der Waals surface area contributed by atoms with Gasteiger partial charge in [0.25, 0.3) is 5.91 Å². The van der Waals surface area contributed by atoms with Crippen LogP contribution in [-0.4, -0.2) is 78.6 Å². The molecule has 15 heteroatoms. The number of hydrogen-bond donors (Lipinski definition) is 4. The number of nitrogens with one attached hydrogen (secondary N) is 3. The van der Waals surface area contributed by atoms with Gasteiger partial charge in [0.15, 0.2) is 17.2 Å². The monoisotopic (exact) mass is 657 g/mol. The number of anilines is 3. The van der Waals surface area contributed by atoms with Crippen molar-refractivity contribution in [3.63, 3.8) is 0 Å². The van der Waals surface area contributed by atoms with Crippen LogP contribution in [-0.2, 0) is 6.18 Å². The second kappa shape index (κ2) is 13.7. The third kappa shape index (κ3) is 7.62. The van der Waals surface area contributed by atoms with Gasteiger partial charge in [-0.25, -0.2) is 9.59 Å². The molecular weight excluding hydrogens is 623 g/mol. The van der Waals surface area contributed by atoms with E-state index in [1.165, 1.54) is 21.9 Å². The van der Waals surface area contributed by atoms with Crippen LogP contribution in [0.5, 0.6) is 17.2 Å². The van der Waals surface area contributed by atoms with Crippen LogP contribution in [0.25, 0.3) is 0 Å². The highest BCUT2D eigenvalue weighted by atomic mass is 19.4. The van der Waals surface area contributed by atoms with Crippen molar-refractivity contribution >= 4 is 35.0 Å². The minimum atomic E-state index is -4.53. The lowest BCUT2D eigenvalue weighted by Gasteiger charge is -2.38. The molecule has 0 bridgehead atoms. The molecule has 4 N–H and O–H groups in total. The van der Waals surface area contributed by atoms with Gasteiger partial charge >= 0.3 is 18.2 Å². The Kier molecular flexibility index (Phi) is 9.65. The number of alkyl halides is 3. The molecule has 3 atom stereocenters. The number of carbonyl (C=O) groups is 3. The molecule has 2 heterocycles. The number of ether oxygens (including phenoxy) is 3. The topological polar surface area (TPSA) is 142 Å². The van der Waals surface area contributed by atoms with E-state index in [-0.39, 0.29) is 55.1 Å².